The molecule has 0 radical (unpaired) electrons. The molecule has 0 spiro atoms. The maximum atomic E-state index is 12.8. The number of rotatable bonds is 7. The van der Waals surface area contributed by atoms with Crippen LogP contribution >= 0.6 is 0 Å². The predicted molar refractivity (Wildman–Crippen MR) is 83.3 cm³/mol. The molecule has 1 aliphatic rings. The largest absolute Gasteiger partial charge is 0.497 e. The van der Waals surface area contributed by atoms with Gasteiger partial charge in [-0.1, -0.05) is 25.0 Å². The van der Waals surface area contributed by atoms with E-state index in [9.17, 15) is 18.4 Å². The van der Waals surface area contributed by atoms with Gasteiger partial charge in [-0.25, -0.2) is 13.6 Å². The number of carbonyl (C=O) groups excluding carboxylic acids is 1. The molecule has 0 aromatic heterocycles. The summed E-state index contributed by atoms with van der Waals surface area (Å²) in [5.74, 6) is -1.31. The number of ether oxygens (including phenoxy) is 1. The lowest BCUT2D eigenvalue weighted by Crippen LogP contribution is -2.50. The lowest BCUT2D eigenvalue weighted by molar-refractivity contribution is -0.144. The van der Waals surface area contributed by atoms with E-state index in [-0.39, 0.29) is 0 Å². The van der Waals surface area contributed by atoms with Crippen LogP contribution in [0.5, 0.6) is 5.75 Å². The van der Waals surface area contributed by atoms with Crippen LogP contribution in [0.4, 0.5) is 8.78 Å². The SMILES string of the molecule is COc1ccc(C2(C(=O)NC(CC(F)F)C(=O)O)CCCC2)cc1. The third kappa shape index (κ3) is 3.83. The van der Waals surface area contributed by atoms with Gasteiger partial charge in [-0.05, 0) is 30.5 Å². The van der Waals surface area contributed by atoms with Crippen LogP contribution in [0.3, 0.4) is 0 Å². The lowest BCUT2D eigenvalue weighted by atomic mass is 9.77. The molecule has 5 nitrogen and oxygen atoms in total. The van der Waals surface area contributed by atoms with Crippen molar-refractivity contribution < 1.29 is 28.2 Å². The Morgan fingerprint density at radius 1 is 1.25 bits per heavy atom. The maximum absolute atomic E-state index is 12.8. The molecule has 132 valence electrons. The molecule has 0 bridgehead atoms. The molecule has 2 rings (SSSR count). The molecule has 1 fully saturated rings. The van der Waals surface area contributed by atoms with Gasteiger partial charge in [0.25, 0.3) is 0 Å². The first-order valence-electron chi connectivity index (χ1n) is 7.85. The van der Waals surface area contributed by atoms with Gasteiger partial charge < -0.3 is 15.2 Å². The Hall–Kier alpha value is -2.18. The van der Waals surface area contributed by atoms with Crippen LogP contribution < -0.4 is 10.1 Å². The zero-order valence-electron chi connectivity index (χ0n) is 13.4. The van der Waals surface area contributed by atoms with Gasteiger partial charge in [-0.3, -0.25) is 4.79 Å². The number of carboxylic acid groups (broad SMARTS) is 1. The molecule has 1 aromatic rings. The fourth-order valence-electron chi connectivity index (χ4n) is 3.23. The van der Waals surface area contributed by atoms with E-state index in [4.69, 9.17) is 9.84 Å². The van der Waals surface area contributed by atoms with E-state index in [1.165, 1.54) is 7.11 Å². The number of amides is 1. The number of aliphatic carboxylic acids is 1. The van der Waals surface area contributed by atoms with Crippen LogP contribution in [0.2, 0.25) is 0 Å². The van der Waals surface area contributed by atoms with Gasteiger partial charge in [-0.15, -0.1) is 0 Å². The van der Waals surface area contributed by atoms with E-state index in [2.05, 4.69) is 5.32 Å². The highest BCUT2D eigenvalue weighted by Gasteiger charge is 2.44. The fraction of sp³-hybridized carbons (Fsp3) is 0.529. The van der Waals surface area contributed by atoms with Gasteiger partial charge in [0.05, 0.1) is 12.5 Å². The van der Waals surface area contributed by atoms with Crippen LogP contribution in [0.1, 0.15) is 37.7 Å². The zero-order chi connectivity index (χ0) is 17.7. The number of benzene rings is 1. The third-order valence-corrected chi connectivity index (χ3v) is 4.55. The number of carboxylic acids is 1. The third-order valence-electron chi connectivity index (χ3n) is 4.55. The molecule has 1 saturated carbocycles. The van der Waals surface area contributed by atoms with Crippen molar-refractivity contribution in [1.29, 1.82) is 0 Å². The minimum atomic E-state index is -2.80. The average Bonchev–Trinajstić information content (AvgIpc) is 3.04. The molecule has 1 aromatic carbocycles. The van der Waals surface area contributed by atoms with Crippen LogP contribution in [0.25, 0.3) is 0 Å². The number of halogens is 2. The van der Waals surface area contributed by atoms with Crippen molar-refractivity contribution in [1.82, 2.24) is 5.32 Å². The summed E-state index contributed by atoms with van der Waals surface area (Å²) in [7, 11) is 1.54. The number of hydrogen-bond acceptors (Lipinski definition) is 3. The van der Waals surface area contributed by atoms with Gasteiger partial charge in [0.15, 0.2) is 0 Å². The quantitative estimate of drug-likeness (QED) is 0.800. The minimum absolute atomic E-state index is 0.502. The summed E-state index contributed by atoms with van der Waals surface area (Å²) in [4.78, 5) is 23.9. The smallest absolute Gasteiger partial charge is 0.326 e. The van der Waals surface area contributed by atoms with Gasteiger partial charge in [0.1, 0.15) is 11.8 Å². The lowest BCUT2D eigenvalue weighted by Gasteiger charge is -2.30. The number of carbonyl (C=O) groups is 2. The highest BCUT2D eigenvalue weighted by molar-refractivity contribution is 5.91. The summed E-state index contributed by atoms with van der Waals surface area (Å²) < 4.78 is 30.2. The summed E-state index contributed by atoms with van der Waals surface area (Å²) >= 11 is 0. The van der Waals surface area contributed by atoms with Crippen LogP contribution in [0.15, 0.2) is 24.3 Å². The molecule has 0 saturated heterocycles. The summed E-state index contributed by atoms with van der Waals surface area (Å²) in [5.41, 5.74) is -0.123. The predicted octanol–water partition coefficient (Wildman–Crippen LogP) is 2.73. The van der Waals surface area contributed by atoms with Gasteiger partial charge >= 0.3 is 5.97 Å². The van der Waals surface area contributed by atoms with Crippen molar-refractivity contribution in [2.75, 3.05) is 7.11 Å². The zero-order valence-corrected chi connectivity index (χ0v) is 13.4. The molecule has 0 heterocycles. The Morgan fingerprint density at radius 2 is 1.83 bits per heavy atom. The number of alkyl halides is 2. The molecule has 1 aliphatic carbocycles. The van der Waals surface area contributed by atoms with Crippen LogP contribution in [-0.2, 0) is 15.0 Å². The maximum Gasteiger partial charge on any atom is 0.326 e. The van der Waals surface area contributed by atoms with Crippen molar-refractivity contribution in [2.45, 2.75) is 50.0 Å². The van der Waals surface area contributed by atoms with Crippen molar-refractivity contribution in [3.8, 4) is 5.75 Å². The van der Waals surface area contributed by atoms with Gasteiger partial charge in [0.2, 0.25) is 12.3 Å². The topological polar surface area (TPSA) is 75.6 Å². The van der Waals surface area contributed by atoms with Crippen molar-refractivity contribution in [2.24, 2.45) is 0 Å². The molecular formula is C17H21F2NO4. The second-order valence-corrected chi connectivity index (χ2v) is 6.01. The highest BCUT2D eigenvalue weighted by Crippen LogP contribution is 2.42. The highest BCUT2D eigenvalue weighted by atomic mass is 19.3. The standard InChI is InChI=1S/C17H21F2NO4/c1-24-12-6-4-11(5-7-12)17(8-2-3-9-17)16(23)20-13(15(21)22)10-14(18)19/h4-7,13-14H,2-3,8-10H2,1H3,(H,20,23)(H,21,22). The van der Waals surface area contributed by atoms with E-state index in [0.29, 0.717) is 18.6 Å². The van der Waals surface area contributed by atoms with Crippen molar-refractivity contribution in [3.05, 3.63) is 29.8 Å². The second kappa shape index (κ2) is 7.59. The Morgan fingerprint density at radius 3 is 2.29 bits per heavy atom. The first-order chi connectivity index (χ1) is 11.4. The first-order valence-corrected chi connectivity index (χ1v) is 7.85. The Bertz CT molecular complexity index is 583. The summed E-state index contributed by atoms with van der Waals surface area (Å²) in [6.45, 7) is 0. The van der Waals surface area contributed by atoms with Crippen molar-refractivity contribution >= 4 is 11.9 Å². The summed E-state index contributed by atoms with van der Waals surface area (Å²) in [6, 6.07) is 5.42. The summed E-state index contributed by atoms with van der Waals surface area (Å²) in [5, 5.41) is 11.4. The summed E-state index contributed by atoms with van der Waals surface area (Å²) in [6.07, 6.45) is -0.928. The molecule has 0 aliphatic heterocycles. The van der Waals surface area contributed by atoms with E-state index >= 15 is 0 Å². The van der Waals surface area contributed by atoms with E-state index in [0.717, 1.165) is 18.4 Å². The molecule has 24 heavy (non-hydrogen) atoms. The molecule has 1 unspecified atom stereocenters. The normalized spacial score (nSPS) is 17.5. The molecule has 2 N–H and O–H groups in total. The van der Waals surface area contributed by atoms with Crippen molar-refractivity contribution in [3.63, 3.8) is 0 Å². The van der Waals surface area contributed by atoms with Gasteiger partial charge in [-0.2, -0.15) is 0 Å². The van der Waals surface area contributed by atoms with E-state index < -0.39 is 36.2 Å². The Kier molecular flexibility index (Phi) is 5.75. The number of nitrogens with one attached hydrogen (secondary N) is 1. The van der Waals surface area contributed by atoms with Crippen LogP contribution in [0, 0.1) is 0 Å². The Labute approximate surface area is 139 Å². The van der Waals surface area contributed by atoms with E-state index in [1.54, 1.807) is 24.3 Å². The Balaban J connectivity index is 2.24. The van der Waals surface area contributed by atoms with E-state index in [1.807, 2.05) is 0 Å². The fourth-order valence-corrected chi connectivity index (χ4v) is 3.23. The second-order valence-electron chi connectivity index (χ2n) is 6.01. The molecule has 7 heteroatoms. The first kappa shape index (κ1) is 18.2. The minimum Gasteiger partial charge on any atom is -0.497 e. The molecular weight excluding hydrogens is 320 g/mol. The monoisotopic (exact) mass is 341 g/mol. The number of methoxy groups -OCH3 is 1. The average molecular weight is 341 g/mol. The molecule has 1 atom stereocenters. The van der Waals surface area contributed by atoms with Gasteiger partial charge in [0, 0.05) is 6.42 Å². The van der Waals surface area contributed by atoms with Crippen LogP contribution in [-0.4, -0.2) is 36.6 Å². The molecule has 1 amide bonds. The number of hydrogen-bond donors (Lipinski definition) is 2.